The molecule has 0 fully saturated rings. The van der Waals surface area contributed by atoms with Crippen molar-refractivity contribution in [2.24, 2.45) is 0 Å². The van der Waals surface area contributed by atoms with Gasteiger partial charge in [0.25, 0.3) is 0 Å². The number of rotatable bonds is 7. The van der Waals surface area contributed by atoms with E-state index in [1.165, 1.54) is 4.90 Å². The van der Waals surface area contributed by atoms with Crippen LogP contribution in [0.25, 0.3) is 0 Å². The number of aliphatic carboxylic acids is 1. The third-order valence-electron chi connectivity index (χ3n) is 2.30. The van der Waals surface area contributed by atoms with Crippen molar-refractivity contribution < 1.29 is 14.7 Å². The predicted octanol–water partition coefficient (Wildman–Crippen LogP) is 1.25. The quantitative estimate of drug-likeness (QED) is 0.538. The number of carboxylic acids is 1. The molecular weight excluding hydrogens is 220 g/mol. The van der Waals surface area contributed by atoms with Gasteiger partial charge in [-0.2, -0.15) is 0 Å². The number of carbonyl (C=O) groups is 2. The fourth-order valence-electron chi connectivity index (χ4n) is 1.40. The van der Waals surface area contributed by atoms with Crippen LogP contribution < -0.4 is 0 Å². The van der Waals surface area contributed by atoms with Crippen molar-refractivity contribution in [1.82, 2.24) is 9.80 Å². The molecule has 0 aromatic carbocycles. The molecule has 0 radical (unpaired) electrons. The highest BCUT2D eigenvalue weighted by molar-refractivity contribution is 5.80. The second kappa shape index (κ2) is 8.45. The molecule has 0 aromatic rings. The number of terminal acetylenes is 1. The fourth-order valence-corrected chi connectivity index (χ4v) is 1.40. The minimum Gasteiger partial charge on any atom is -0.480 e. The Hall–Kier alpha value is -1.70. The van der Waals surface area contributed by atoms with E-state index in [-0.39, 0.29) is 19.1 Å². The molecule has 5 heteroatoms. The Kier molecular flexibility index (Phi) is 7.61. The minimum atomic E-state index is -1.06. The van der Waals surface area contributed by atoms with Crippen molar-refractivity contribution in [3.8, 4) is 12.3 Å². The van der Waals surface area contributed by atoms with Gasteiger partial charge >= 0.3 is 12.0 Å². The summed E-state index contributed by atoms with van der Waals surface area (Å²) < 4.78 is 0. The fraction of sp³-hybridized carbons (Fsp3) is 0.667. The van der Waals surface area contributed by atoms with Gasteiger partial charge in [-0.3, -0.25) is 4.79 Å². The Bertz CT molecular complexity index is 297. The summed E-state index contributed by atoms with van der Waals surface area (Å²) in [5, 5.41) is 8.67. The number of carboxylic acid groups (broad SMARTS) is 1. The molecule has 0 atom stereocenters. The highest BCUT2D eigenvalue weighted by atomic mass is 16.4. The second-order valence-electron chi connectivity index (χ2n) is 3.87. The number of unbranched alkanes of at least 4 members (excludes halogenated alkanes) is 2. The average molecular weight is 240 g/mol. The van der Waals surface area contributed by atoms with Crippen molar-refractivity contribution in [2.75, 3.05) is 26.7 Å². The van der Waals surface area contributed by atoms with Crippen LogP contribution in [-0.2, 0) is 4.79 Å². The molecule has 0 saturated carbocycles. The van der Waals surface area contributed by atoms with Crippen molar-refractivity contribution in [1.29, 1.82) is 0 Å². The molecule has 1 N–H and O–H groups in total. The van der Waals surface area contributed by atoms with Crippen molar-refractivity contribution >= 4 is 12.0 Å². The topological polar surface area (TPSA) is 60.9 Å². The van der Waals surface area contributed by atoms with Crippen molar-refractivity contribution in [2.45, 2.75) is 26.2 Å². The minimum absolute atomic E-state index is 0.0171. The zero-order valence-corrected chi connectivity index (χ0v) is 10.5. The largest absolute Gasteiger partial charge is 0.480 e. The summed E-state index contributed by atoms with van der Waals surface area (Å²) in [5.41, 5.74) is 0. The lowest BCUT2D eigenvalue weighted by Crippen LogP contribution is -2.44. The smallest absolute Gasteiger partial charge is 0.323 e. The standard InChI is InChI=1S/C12H20N2O3/c1-4-6-7-9-13(3)12(17)14(8-5-2)10-11(15)16/h2H,4,6-10H2,1,3H3,(H,15,16). The second-order valence-corrected chi connectivity index (χ2v) is 3.87. The highest BCUT2D eigenvalue weighted by Crippen LogP contribution is 2.01. The first-order valence-corrected chi connectivity index (χ1v) is 5.68. The SMILES string of the molecule is C#CCN(CC(=O)O)C(=O)N(C)CCCCC. The maximum absolute atomic E-state index is 11.9. The molecule has 0 aliphatic heterocycles. The van der Waals surface area contributed by atoms with Crippen LogP contribution in [0.4, 0.5) is 4.79 Å². The number of amides is 2. The zero-order chi connectivity index (χ0) is 13.3. The average Bonchev–Trinajstić information content (AvgIpc) is 2.27. The Morgan fingerprint density at radius 1 is 1.35 bits per heavy atom. The van der Waals surface area contributed by atoms with E-state index in [1.54, 1.807) is 7.05 Å². The van der Waals surface area contributed by atoms with Crippen LogP contribution in [-0.4, -0.2) is 53.6 Å². The molecule has 5 nitrogen and oxygen atoms in total. The lowest BCUT2D eigenvalue weighted by molar-refractivity contribution is -0.137. The van der Waals surface area contributed by atoms with Gasteiger partial charge in [-0.15, -0.1) is 6.42 Å². The van der Waals surface area contributed by atoms with E-state index in [0.717, 1.165) is 24.2 Å². The molecule has 2 amide bonds. The molecule has 0 aliphatic carbocycles. The molecule has 0 spiro atoms. The van der Waals surface area contributed by atoms with Crippen LogP contribution in [0.3, 0.4) is 0 Å². The summed E-state index contributed by atoms with van der Waals surface area (Å²) in [4.78, 5) is 25.1. The van der Waals surface area contributed by atoms with E-state index >= 15 is 0 Å². The maximum atomic E-state index is 11.9. The van der Waals surface area contributed by atoms with Crippen LogP contribution in [0.15, 0.2) is 0 Å². The van der Waals surface area contributed by atoms with Gasteiger partial charge in [-0.25, -0.2) is 4.79 Å². The van der Waals surface area contributed by atoms with E-state index in [4.69, 9.17) is 11.5 Å². The Balaban J connectivity index is 4.29. The Labute approximate surface area is 102 Å². The summed E-state index contributed by atoms with van der Waals surface area (Å²) in [5.74, 6) is 1.23. The molecule has 96 valence electrons. The monoisotopic (exact) mass is 240 g/mol. The first-order valence-electron chi connectivity index (χ1n) is 5.68. The van der Waals surface area contributed by atoms with Gasteiger partial charge in [0.1, 0.15) is 6.54 Å². The third-order valence-corrected chi connectivity index (χ3v) is 2.30. The van der Waals surface area contributed by atoms with Gasteiger partial charge in [-0.05, 0) is 6.42 Å². The van der Waals surface area contributed by atoms with E-state index in [2.05, 4.69) is 12.8 Å². The summed E-state index contributed by atoms with van der Waals surface area (Å²) in [6.07, 6.45) is 8.14. The Morgan fingerprint density at radius 3 is 2.47 bits per heavy atom. The van der Waals surface area contributed by atoms with Crippen molar-refractivity contribution in [3.63, 3.8) is 0 Å². The van der Waals surface area contributed by atoms with E-state index in [9.17, 15) is 9.59 Å². The Morgan fingerprint density at radius 2 is 2.00 bits per heavy atom. The lowest BCUT2D eigenvalue weighted by Gasteiger charge is -2.25. The molecular formula is C12H20N2O3. The number of urea groups is 1. The van der Waals surface area contributed by atoms with Gasteiger partial charge in [0.2, 0.25) is 0 Å². The predicted molar refractivity (Wildman–Crippen MR) is 65.6 cm³/mol. The zero-order valence-electron chi connectivity index (χ0n) is 10.5. The molecule has 0 aromatic heterocycles. The van der Waals surface area contributed by atoms with Crippen LogP contribution >= 0.6 is 0 Å². The van der Waals surface area contributed by atoms with E-state index < -0.39 is 5.97 Å². The molecule has 0 rings (SSSR count). The normalized spacial score (nSPS) is 9.47. The summed E-state index contributed by atoms with van der Waals surface area (Å²) in [6.45, 7) is 2.36. The lowest BCUT2D eigenvalue weighted by atomic mass is 10.2. The highest BCUT2D eigenvalue weighted by Gasteiger charge is 2.18. The molecule has 0 heterocycles. The summed E-state index contributed by atoms with van der Waals surface area (Å²) in [6, 6.07) is -0.332. The van der Waals surface area contributed by atoms with Crippen LogP contribution in [0.5, 0.6) is 0 Å². The summed E-state index contributed by atoms with van der Waals surface area (Å²) in [7, 11) is 1.66. The molecule has 0 unspecified atom stereocenters. The third kappa shape index (κ3) is 6.46. The van der Waals surface area contributed by atoms with Gasteiger partial charge < -0.3 is 14.9 Å². The van der Waals surface area contributed by atoms with Gasteiger partial charge in [0.05, 0.1) is 6.54 Å². The number of hydrogen-bond donors (Lipinski definition) is 1. The van der Waals surface area contributed by atoms with Gasteiger partial charge in [0.15, 0.2) is 0 Å². The molecule has 0 saturated heterocycles. The van der Waals surface area contributed by atoms with Gasteiger partial charge in [-0.1, -0.05) is 25.7 Å². The molecule has 0 bridgehead atoms. The van der Waals surface area contributed by atoms with Crippen LogP contribution in [0.1, 0.15) is 26.2 Å². The molecule has 0 aliphatic rings. The number of carbonyl (C=O) groups excluding carboxylic acids is 1. The first-order chi connectivity index (χ1) is 8.02. The van der Waals surface area contributed by atoms with Gasteiger partial charge in [0, 0.05) is 13.6 Å². The number of nitrogens with zero attached hydrogens (tertiary/aromatic N) is 2. The first kappa shape index (κ1) is 15.3. The number of hydrogen-bond acceptors (Lipinski definition) is 2. The van der Waals surface area contributed by atoms with Crippen LogP contribution in [0, 0.1) is 12.3 Å². The van der Waals surface area contributed by atoms with Crippen LogP contribution in [0.2, 0.25) is 0 Å². The van der Waals surface area contributed by atoms with Crippen molar-refractivity contribution in [3.05, 3.63) is 0 Å². The maximum Gasteiger partial charge on any atom is 0.323 e. The summed E-state index contributed by atoms with van der Waals surface area (Å²) >= 11 is 0. The van der Waals surface area contributed by atoms with E-state index in [0.29, 0.717) is 6.54 Å². The molecule has 17 heavy (non-hydrogen) atoms. The van der Waals surface area contributed by atoms with E-state index in [1.807, 2.05) is 0 Å².